The van der Waals surface area contributed by atoms with E-state index in [1.54, 1.807) is 36.4 Å². The fourth-order valence-corrected chi connectivity index (χ4v) is 5.13. The Bertz CT molecular complexity index is 1370. The van der Waals surface area contributed by atoms with Crippen LogP contribution in [0.2, 0.25) is 10.0 Å². The lowest BCUT2D eigenvalue weighted by atomic mass is 9.53. The van der Waals surface area contributed by atoms with Gasteiger partial charge in [-0.15, -0.1) is 0 Å². The van der Waals surface area contributed by atoms with Gasteiger partial charge in [-0.25, -0.2) is 9.97 Å². The van der Waals surface area contributed by atoms with Crippen molar-refractivity contribution in [1.82, 2.24) is 19.9 Å². The first-order valence-electron chi connectivity index (χ1n) is 10.6. The van der Waals surface area contributed by atoms with Gasteiger partial charge in [-0.1, -0.05) is 37.0 Å². The van der Waals surface area contributed by atoms with Crippen LogP contribution in [0.3, 0.4) is 0 Å². The molecule has 0 bridgehead atoms. The molecule has 1 aliphatic carbocycles. The summed E-state index contributed by atoms with van der Waals surface area (Å²) in [7, 11) is 0. The van der Waals surface area contributed by atoms with E-state index in [2.05, 4.69) is 33.8 Å². The Morgan fingerprint density at radius 1 is 0.844 bits per heavy atom. The van der Waals surface area contributed by atoms with E-state index in [9.17, 15) is 9.59 Å². The van der Waals surface area contributed by atoms with E-state index in [-0.39, 0.29) is 16.5 Å². The number of hydrogen-bond donors (Lipinski definition) is 2. The second-order valence-corrected chi connectivity index (χ2v) is 10.1. The summed E-state index contributed by atoms with van der Waals surface area (Å²) in [6.07, 6.45) is 2.32. The summed E-state index contributed by atoms with van der Waals surface area (Å²) in [6.45, 7) is 4.44. The first-order valence-corrected chi connectivity index (χ1v) is 11.3. The summed E-state index contributed by atoms with van der Waals surface area (Å²) in [5.74, 6) is 2.06. The molecule has 2 atom stereocenters. The summed E-state index contributed by atoms with van der Waals surface area (Å²) in [4.78, 5) is 40.0. The SMILES string of the molecule is CC1(C)C(Cc2nc3cc(Cl)ccc3c(=O)[nH]2)CC1Cc1nc2cc(Cl)ccc2c(=O)[nH]1. The third-order valence-corrected chi connectivity index (χ3v) is 7.46. The molecule has 0 spiro atoms. The normalized spacial score (nSPS) is 19.9. The van der Waals surface area contributed by atoms with E-state index < -0.39 is 0 Å². The van der Waals surface area contributed by atoms with E-state index in [1.165, 1.54) is 0 Å². The summed E-state index contributed by atoms with van der Waals surface area (Å²) in [5.41, 5.74) is 0.936. The summed E-state index contributed by atoms with van der Waals surface area (Å²) in [5, 5.41) is 2.19. The monoisotopic (exact) mass is 468 g/mol. The van der Waals surface area contributed by atoms with Crippen molar-refractivity contribution in [3.8, 4) is 0 Å². The molecule has 32 heavy (non-hydrogen) atoms. The van der Waals surface area contributed by atoms with Crippen LogP contribution >= 0.6 is 23.2 Å². The molecule has 2 heterocycles. The summed E-state index contributed by atoms with van der Waals surface area (Å²) < 4.78 is 0. The summed E-state index contributed by atoms with van der Waals surface area (Å²) in [6, 6.07) is 10.2. The maximum atomic E-state index is 12.4. The lowest BCUT2D eigenvalue weighted by Crippen LogP contribution is -2.47. The van der Waals surface area contributed by atoms with Crippen molar-refractivity contribution in [1.29, 1.82) is 0 Å². The zero-order chi connectivity index (χ0) is 22.6. The second-order valence-electron chi connectivity index (χ2n) is 9.21. The molecule has 2 aromatic carbocycles. The van der Waals surface area contributed by atoms with Gasteiger partial charge >= 0.3 is 0 Å². The third-order valence-electron chi connectivity index (χ3n) is 6.99. The molecule has 4 aromatic rings. The van der Waals surface area contributed by atoms with Gasteiger partial charge in [0.15, 0.2) is 0 Å². The van der Waals surface area contributed by atoms with E-state index in [4.69, 9.17) is 23.2 Å². The molecule has 1 fully saturated rings. The van der Waals surface area contributed by atoms with E-state index in [0.29, 0.717) is 68.2 Å². The minimum absolute atomic E-state index is 0.00369. The molecule has 0 radical (unpaired) electrons. The van der Waals surface area contributed by atoms with Crippen LogP contribution in [0, 0.1) is 17.3 Å². The molecule has 6 nitrogen and oxygen atoms in total. The van der Waals surface area contributed by atoms with Gasteiger partial charge in [0, 0.05) is 22.9 Å². The fraction of sp³-hybridized carbons (Fsp3) is 0.333. The number of halogens is 2. The highest BCUT2D eigenvalue weighted by atomic mass is 35.5. The predicted molar refractivity (Wildman–Crippen MR) is 128 cm³/mol. The molecule has 164 valence electrons. The second kappa shape index (κ2) is 7.71. The molecular weight excluding hydrogens is 447 g/mol. The average molecular weight is 469 g/mol. The lowest BCUT2D eigenvalue weighted by molar-refractivity contribution is -0.0215. The fourth-order valence-electron chi connectivity index (χ4n) is 4.80. The minimum atomic E-state index is -0.146. The minimum Gasteiger partial charge on any atom is -0.310 e. The Hall–Kier alpha value is -2.70. The van der Waals surface area contributed by atoms with Crippen LogP contribution in [0.15, 0.2) is 46.0 Å². The topological polar surface area (TPSA) is 91.5 Å². The highest BCUT2D eigenvalue weighted by Gasteiger charge is 2.48. The largest absolute Gasteiger partial charge is 0.310 e. The lowest BCUT2D eigenvalue weighted by Gasteiger charge is -2.52. The van der Waals surface area contributed by atoms with Gasteiger partial charge in [0.1, 0.15) is 11.6 Å². The highest BCUT2D eigenvalue weighted by Crippen LogP contribution is 2.53. The van der Waals surface area contributed by atoms with Crippen LogP contribution in [-0.4, -0.2) is 19.9 Å². The van der Waals surface area contributed by atoms with Crippen molar-refractivity contribution in [2.75, 3.05) is 0 Å². The Kier molecular flexibility index (Phi) is 5.10. The summed E-state index contributed by atoms with van der Waals surface area (Å²) >= 11 is 12.1. The number of benzene rings is 2. The highest BCUT2D eigenvalue weighted by molar-refractivity contribution is 6.31. The molecule has 0 aliphatic heterocycles. The van der Waals surface area contributed by atoms with Gasteiger partial charge in [0.2, 0.25) is 0 Å². The van der Waals surface area contributed by atoms with Crippen molar-refractivity contribution in [2.24, 2.45) is 17.3 Å². The average Bonchev–Trinajstić information content (AvgIpc) is 2.72. The van der Waals surface area contributed by atoms with Crippen molar-refractivity contribution in [3.05, 3.63) is 78.8 Å². The zero-order valence-electron chi connectivity index (χ0n) is 17.7. The molecular formula is C24H22Cl2N4O2. The molecule has 8 heteroatoms. The van der Waals surface area contributed by atoms with Crippen molar-refractivity contribution in [2.45, 2.75) is 33.1 Å². The van der Waals surface area contributed by atoms with Gasteiger partial charge in [-0.3, -0.25) is 9.59 Å². The maximum Gasteiger partial charge on any atom is 0.258 e. The van der Waals surface area contributed by atoms with Gasteiger partial charge in [0.05, 0.1) is 21.8 Å². The standard InChI is InChI=1S/C24H22Cl2N4O2/c1-24(2)12(8-20-27-18-10-14(25)3-5-16(18)22(31)29-20)7-13(24)9-21-28-19-11-15(26)4-6-17(19)23(32)30-21/h3-6,10-13H,7-9H2,1-2H3,(H,27,29,31)(H,28,30,32). The number of nitrogens with zero attached hydrogens (tertiary/aromatic N) is 2. The van der Waals surface area contributed by atoms with Crippen LogP contribution in [0.1, 0.15) is 31.9 Å². The van der Waals surface area contributed by atoms with Crippen LogP contribution in [0.5, 0.6) is 0 Å². The van der Waals surface area contributed by atoms with Crippen LogP contribution in [-0.2, 0) is 12.8 Å². The quantitative estimate of drug-likeness (QED) is 0.444. The van der Waals surface area contributed by atoms with Gasteiger partial charge in [-0.2, -0.15) is 0 Å². The first-order chi connectivity index (χ1) is 15.2. The van der Waals surface area contributed by atoms with Crippen LogP contribution in [0.4, 0.5) is 0 Å². The molecule has 2 unspecified atom stereocenters. The third kappa shape index (κ3) is 3.71. The van der Waals surface area contributed by atoms with E-state index in [1.807, 2.05) is 0 Å². The predicted octanol–water partition coefficient (Wildman–Crippen LogP) is 4.91. The smallest absolute Gasteiger partial charge is 0.258 e. The molecule has 1 saturated carbocycles. The number of aromatic amines is 2. The Balaban J connectivity index is 1.35. The first kappa shape index (κ1) is 21.2. The Labute approximate surface area is 194 Å². The number of fused-ring (bicyclic) bond motifs is 2. The molecule has 2 N–H and O–H groups in total. The molecule has 2 aromatic heterocycles. The number of H-pyrrole nitrogens is 2. The molecule has 1 aliphatic rings. The van der Waals surface area contributed by atoms with E-state index >= 15 is 0 Å². The maximum absolute atomic E-state index is 12.4. The van der Waals surface area contributed by atoms with Crippen molar-refractivity contribution < 1.29 is 0 Å². The van der Waals surface area contributed by atoms with Gasteiger partial charge < -0.3 is 9.97 Å². The van der Waals surface area contributed by atoms with Crippen LogP contribution in [0.25, 0.3) is 21.8 Å². The number of nitrogens with one attached hydrogen (secondary N) is 2. The number of aromatic nitrogens is 4. The van der Waals surface area contributed by atoms with Gasteiger partial charge in [0.25, 0.3) is 11.1 Å². The number of hydrogen-bond acceptors (Lipinski definition) is 4. The van der Waals surface area contributed by atoms with Crippen molar-refractivity contribution >= 4 is 45.0 Å². The van der Waals surface area contributed by atoms with Crippen LogP contribution < -0.4 is 11.1 Å². The van der Waals surface area contributed by atoms with E-state index in [0.717, 1.165) is 6.42 Å². The van der Waals surface area contributed by atoms with Gasteiger partial charge in [-0.05, 0) is 60.1 Å². The van der Waals surface area contributed by atoms with Crippen molar-refractivity contribution in [3.63, 3.8) is 0 Å². The number of rotatable bonds is 4. The zero-order valence-corrected chi connectivity index (χ0v) is 19.2. The molecule has 0 saturated heterocycles. The molecule has 5 rings (SSSR count). The molecule has 0 amide bonds. The Morgan fingerprint density at radius 3 is 1.69 bits per heavy atom. The Morgan fingerprint density at radius 2 is 1.28 bits per heavy atom.